The molecule has 3 aromatic rings. The summed E-state index contributed by atoms with van der Waals surface area (Å²) >= 11 is 5.92. The highest BCUT2D eigenvalue weighted by Crippen LogP contribution is 2.17. The van der Waals surface area contributed by atoms with Crippen molar-refractivity contribution < 1.29 is 9.32 Å². The molecule has 0 radical (unpaired) electrons. The maximum atomic E-state index is 12.5. The van der Waals surface area contributed by atoms with Gasteiger partial charge in [0, 0.05) is 49.6 Å². The summed E-state index contributed by atoms with van der Waals surface area (Å²) in [5.74, 6) is 1.55. The Labute approximate surface area is 194 Å². The van der Waals surface area contributed by atoms with Gasteiger partial charge in [0.05, 0.1) is 0 Å². The van der Waals surface area contributed by atoms with E-state index < -0.39 is 0 Å². The van der Waals surface area contributed by atoms with Crippen LogP contribution in [0.3, 0.4) is 0 Å². The van der Waals surface area contributed by atoms with Crippen molar-refractivity contribution in [2.24, 2.45) is 0 Å². The molecule has 1 aliphatic heterocycles. The largest absolute Gasteiger partial charge is 0.340 e. The first-order valence-corrected chi connectivity index (χ1v) is 11.6. The van der Waals surface area contributed by atoms with Crippen LogP contribution in [0, 0.1) is 6.92 Å². The Morgan fingerprint density at radius 1 is 1.00 bits per heavy atom. The highest BCUT2D eigenvalue weighted by atomic mass is 35.5. The Kier molecular flexibility index (Phi) is 7.55. The van der Waals surface area contributed by atoms with Gasteiger partial charge in [-0.1, -0.05) is 58.7 Å². The third kappa shape index (κ3) is 6.17. The smallest absolute Gasteiger partial charge is 0.227 e. The number of aryl methyl sites for hydroxylation is 3. The molecule has 1 aromatic heterocycles. The molecule has 0 saturated carbocycles. The lowest BCUT2D eigenvalue weighted by Crippen LogP contribution is -2.48. The van der Waals surface area contributed by atoms with Crippen LogP contribution >= 0.6 is 11.6 Å². The van der Waals surface area contributed by atoms with Gasteiger partial charge in [-0.25, -0.2) is 0 Å². The number of hydrogen-bond acceptors (Lipinski definition) is 5. The molecule has 32 heavy (non-hydrogen) atoms. The van der Waals surface area contributed by atoms with E-state index in [-0.39, 0.29) is 5.91 Å². The lowest BCUT2D eigenvalue weighted by molar-refractivity contribution is -0.132. The van der Waals surface area contributed by atoms with E-state index in [4.69, 9.17) is 16.1 Å². The summed E-state index contributed by atoms with van der Waals surface area (Å²) in [5.41, 5.74) is 3.33. The molecule has 0 N–H and O–H groups in total. The molecule has 0 atom stereocenters. The van der Waals surface area contributed by atoms with Crippen molar-refractivity contribution in [3.05, 3.63) is 70.6 Å². The number of hydrogen-bond donors (Lipinski definition) is 0. The van der Waals surface area contributed by atoms with Crippen molar-refractivity contribution in [3.8, 4) is 11.4 Å². The zero-order valence-corrected chi connectivity index (χ0v) is 19.2. The van der Waals surface area contributed by atoms with Crippen LogP contribution in [0.1, 0.15) is 29.9 Å². The van der Waals surface area contributed by atoms with E-state index in [1.165, 1.54) is 5.56 Å². The highest BCUT2D eigenvalue weighted by Gasteiger charge is 2.20. The van der Waals surface area contributed by atoms with E-state index in [9.17, 15) is 4.79 Å². The normalized spacial score (nSPS) is 14.6. The second kappa shape index (κ2) is 10.7. The second-order valence-electron chi connectivity index (χ2n) is 8.33. The van der Waals surface area contributed by atoms with Gasteiger partial charge in [0.25, 0.3) is 0 Å². The van der Waals surface area contributed by atoms with Crippen LogP contribution in [0.15, 0.2) is 53.1 Å². The maximum Gasteiger partial charge on any atom is 0.227 e. The molecule has 7 heteroatoms. The Hall–Kier alpha value is -2.70. The standard InChI is InChI=1S/C25H29ClN4O2/c1-19-4-9-21(10-5-19)25-27-23(32-28-25)3-2-14-29-15-17-30(18-16-29)24(31)13-8-20-6-11-22(26)12-7-20/h4-7,9-12H,2-3,8,13-18H2,1H3. The number of carbonyl (C=O) groups is 1. The fourth-order valence-electron chi connectivity index (χ4n) is 3.91. The topological polar surface area (TPSA) is 62.5 Å². The lowest BCUT2D eigenvalue weighted by atomic mass is 10.1. The summed E-state index contributed by atoms with van der Waals surface area (Å²) in [4.78, 5) is 21.4. The van der Waals surface area contributed by atoms with Crippen LogP contribution in [0.25, 0.3) is 11.4 Å². The van der Waals surface area contributed by atoms with Crippen LogP contribution < -0.4 is 0 Å². The first-order valence-electron chi connectivity index (χ1n) is 11.2. The molecular formula is C25H29ClN4O2. The predicted molar refractivity (Wildman–Crippen MR) is 126 cm³/mol. The van der Waals surface area contributed by atoms with Crippen molar-refractivity contribution in [2.75, 3.05) is 32.7 Å². The van der Waals surface area contributed by atoms with Gasteiger partial charge in [0.15, 0.2) is 0 Å². The molecule has 0 bridgehead atoms. The fourth-order valence-corrected chi connectivity index (χ4v) is 4.04. The molecule has 1 aliphatic rings. The molecule has 0 aliphatic carbocycles. The van der Waals surface area contributed by atoms with Gasteiger partial charge in [-0.2, -0.15) is 4.98 Å². The van der Waals surface area contributed by atoms with Gasteiger partial charge < -0.3 is 9.42 Å². The Morgan fingerprint density at radius 2 is 1.72 bits per heavy atom. The number of rotatable bonds is 8. The minimum Gasteiger partial charge on any atom is -0.340 e. The van der Waals surface area contributed by atoms with Crippen LogP contribution in [-0.4, -0.2) is 58.6 Å². The van der Waals surface area contributed by atoms with E-state index in [1.807, 2.05) is 53.4 Å². The number of benzene rings is 2. The fraction of sp³-hybridized carbons (Fsp3) is 0.400. The molecule has 0 unspecified atom stereocenters. The number of piperazine rings is 1. The van der Waals surface area contributed by atoms with E-state index >= 15 is 0 Å². The summed E-state index contributed by atoms with van der Waals surface area (Å²) in [6, 6.07) is 15.8. The van der Waals surface area contributed by atoms with E-state index in [1.54, 1.807) is 0 Å². The van der Waals surface area contributed by atoms with Gasteiger partial charge >= 0.3 is 0 Å². The lowest BCUT2D eigenvalue weighted by Gasteiger charge is -2.34. The minimum atomic E-state index is 0.231. The van der Waals surface area contributed by atoms with Crippen molar-refractivity contribution in [1.29, 1.82) is 0 Å². The highest BCUT2D eigenvalue weighted by molar-refractivity contribution is 6.30. The summed E-state index contributed by atoms with van der Waals surface area (Å²) in [7, 11) is 0. The number of nitrogens with zero attached hydrogens (tertiary/aromatic N) is 4. The average molecular weight is 453 g/mol. The molecule has 1 saturated heterocycles. The van der Waals surface area contributed by atoms with Gasteiger partial charge in [-0.15, -0.1) is 0 Å². The molecule has 6 nitrogen and oxygen atoms in total. The first-order chi connectivity index (χ1) is 15.6. The summed E-state index contributed by atoms with van der Waals surface area (Å²) in [6.07, 6.45) is 3.02. The second-order valence-corrected chi connectivity index (χ2v) is 8.77. The summed E-state index contributed by atoms with van der Waals surface area (Å²) in [5, 5.41) is 4.83. The average Bonchev–Trinajstić information content (AvgIpc) is 3.28. The minimum absolute atomic E-state index is 0.231. The SMILES string of the molecule is Cc1ccc(-c2noc(CCCN3CCN(C(=O)CCc4ccc(Cl)cc4)CC3)n2)cc1. The van der Waals surface area contributed by atoms with Crippen molar-refractivity contribution >= 4 is 17.5 Å². The molecule has 168 valence electrons. The van der Waals surface area contributed by atoms with Crippen LogP contribution in [0.2, 0.25) is 5.02 Å². The molecular weight excluding hydrogens is 424 g/mol. The van der Waals surface area contributed by atoms with E-state index in [2.05, 4.69) is 22.0 Å². The third-order valence-electron chi connectivity index (χ3n) is 5.91. The molecule has 1 fully saturated rings. The molecule has 1 amide bonds. The maximum absolute atomic E-state index is 12.5. The molecule has 2 heterocycles. The predicted octanol–water partition coefficient (Wildman–Crippen LogP) is 4.41. The van der Waals surface area contributed by atoms with Crippen molar-refractivity contribution in [2.45, 2.75) is 32.6 Å². The number of aromatic nitrogens is 2. The van der Waals surface area contributed by atoms with Gasteiger partial charge in [-0.05, 0) is 44.0 Å². The van der Waals surface area contributed by atoms with Crippen LogP contribution in [0.5, 0.6) is 0 Å². The molecule has 0 spiro atoms. The summed E-state index contributed by atoms with van der Waals surface area (Å²) < 4.78 is 5.42. The number of halogens is 1. The van der Waals surface area contributed by atoms with Crippen molar-refractivity contribution in [1.82, 2.24) is 19.9 Å². The zero-order chi connectivity index (χ0) is 22.3. The van der Waals surface area contributed by atoms with Gasteiger partial charge in [0.1, 0.15) is 0 Å². The van der Waals surface area contributed by atoms with Crippen LogP contribution in [0.4, 0.5) is 0 Å². The Morgan fingerprint density at radius 3 is 2.44 bits per heavy atom. The number of amides is 1. The van der Waals surface area contributed by atoms with Gasteiger partial charge in [-0.3, -0.25) is 9.69 Å². The van der Waals surface area contributed by atoms with Gasteiger partial charge in [0.2, 0.25) is 17.6 Å². The zero-order valence-electron chi connectivity index (χ0n) is 18.5. The van der Waals surface area contributed by atoms with Crippen LogP contribution in [-0.2, 0) is 17.6 Å². The number of carbonyl (C=O) groups excluding carboxylic acids is 1. The Bertz CT molecular complexity index is 1010. The molecule has 2 aromatic carbocycles. The summed E-state index contributed by atoms with van der Waals surface area (Å²) in [6.45, 7) is 6.42. The van der Waals surface area contributed by atoms with E-state index in [0.29, 0.717) is 18.1 Å². The monoisotopic (exact) mass is 452 g/mol. The third-order valence-corrected chi connectivity index (χ3v) is 6.16. The molecule has 4 rings (SSSR count). The quantitative estimate of drug-likeness (QED) is 0.506. The van der Waals surface area contributed by atoms with E-state index in [0.717, 1.165) is 68.1 Å². The first kappa shape index (κ1) is 22.5. The Balaban J connectivity index is 1.15. The van der Waals surface area contributed by atoms with Crippen molar-refractivity contribution in [3.63, 3.8) is 0 Å².